The first-order valence-corrected chi connectivity index (χ1v) is 4.56. The molecule has 1 aliphatic rings. The highest BCUT2D eigenvalue weighted by Crippen LogP contribution is 2.12. The van der Waals surface area contributed by atoms with Crippen LogP contribution in [0.15, 0.2) is 6.20 Å². The van der Waals surface area contributed by atoms with E-state index in [2.05, 4.69) is 15.6 Å². The SMILES string of the molecule is Cn1nncc1NCC1CCCO1. The number of nitrogens with zero attached hydrogens (tertiary/aromatic N) is 3. The third-order valence-corrected chi connectivity index (χ3v) is 2.25. The summed E-state index contributed by atoms with van der Waals surface area (Å²) < 4.78 is 7.20. The van der Waals surface area contributed by atoms with Crippen molar-refractivity contribution in [3.63, 3.8) is 0 Å². The van der Waals surface area contributed by atoms with Crippen LogP contribution in [0.4, 0.5) is 5.82 Å². The molecule has 1 aliphatic heterocycles. The van der Waals surface area contributed by atoms with Gasteiger partial charge in [-0.2, -0.15) is 0 Å². The van der Waals surface area contributed by atoms with Crippen molar-refractivity contribution in [2.75, 3.05) is 18.5 Å². The third-order valence-electron chi connectivity index (χ3n) is 2.25. The molecule has 1 aromatic rings. The fourth-order valence-electron chi connectivity index (χ4n) is 1.47. The zero-order valence-corrected chi connectivity index (χ0v) is 7.73. The minimum Gasteiger partial charge on any atom is -0.376 e. The van der Waals surface area contributed by atoms with Crippen LogP contribution in [0.5, 0.6) is 0 Å². The number of nitrogens with one attached hydrogen (secondary N) is 1. The van der Waals surface area contributed by atoms with Gasteiger partial charge in [-0.3, -0.25) is 0 Å². The van der Waals surface area contributed by atoms with Gasteiger partial charge in [-0.1, -0.05) is 5.21 Å². The molecule has 5 heteroatoms. The Labute approximate surface area is 77.1 Å². The molecule has 0 saturated carbocycles. The normalized spacial score (nSPS) is 22.1. The van der Waals surface area contributed by atoms with E-state index in [0.717, 1.165) is 25.4 Å². The molecule has 2 heterocycles. The second-order valence-electron chi connectivity index (χ2n) is 3.26. The summed E-state index contributed by atoms with van der Waals surface area (Å²) in [5.41, 5.74) is 0. The van der Waals surface area contributed by atoms with Crippen molar-refractivity contribution in [1.82, 2.24) is 15.0 Å². The van der Waals surface area contributed by atoms with E-state index in [9.17, 15) is 0 Å². The fourth-order valence-corrected chi connectivity index (χ4v) is 1.47. The second kappa shape index (κ2) is 3.74. The molecule has 1 fully saturated rings. The summed E-state index contributed by atoms with van der Waals surface area (Å²) in [6.45, 7) is 1.75. The van der Waals surface area contributed by atoms with E-state index in [4.69, 9.17) is 4.74 Å². The standard InChI is InChI=1S/C8H14N4O/c1-12-8(6-10-11-12)9-5-7-3-2-4-13-7/h6-7,9H,2-5H2,1H3. The Balaban J connectivity index is 1.82. The molecule has 0 aromatic carbocycles. The Bertz CT molecular complexity index is 267. The predicted octanol–water partition coefficient (Wildman–Crippen LogP) is 0.406. The van der Waals surface area contributed by atoms with Gasteiger partial charge < -0.3 is 10.1 Å². The molecule has 1 N–H and O–H groups in total. The maximum atomic E-state index is 5.48. The molecule has 0 aliphatic carbocycles. The van der Waals surface area contributed by atoms with Crippen molar-refractivity contribution in [2.24, 2.45) is 7.05 Å². The third kappa shape index (κ3) is 1.98. The van der Waals surface area contributed by atoms with Gasteiger partial charge >= 0.3 is 0 Å². The minimum absolute atomic E-state index is 0.356. The lowest BCUT2D eigenvalue weighted by Crippen LogP contribution is -2.19. The van der Waals surface area contributed by atoms with Gasteiger partial charge in [-0.25, -0.2) is 4.68 Å². The Morgan fingerprint density at radius 1 is 1.77 bits per heavy atom. The van der Waals surface area contributed by atoms with Crippen LogP contribution in [0.2, 0.25) is 0 Å². The molecule has 1 atom stereocenters. The first-order chi connectivity index (χ1) is 6.36. The van der Waals surface area contributed by atoms with Gasteiger partial charge in [0.15, 0.2) is 0 Å². The number of rotatable bonds is 3. The van der Waals surface area contributed by atoms with E-state index in [0.29, 0.717) is 6.10 Å². The molecule has 1 aromatic heterocycles. The molecule has 5 nitrogen and oxygen atoms in total. The van der Waals surface area contributed by atoms with E-state index < -0.39 is 0 Å². The molecular formula is C8H14N4O. The fraction of sp³-hybridized carbons (Fsp3) is 0.750. The first-order valence-electron chi connectivity index (χ1n) is 4.56. The average Bonchev–Trinajstić information content (AvgIpc) is 2.72. The summed E-state index contributed by atoms with van der Waals surface area (Å²) in [6.07, 6.45) is 4.40. The van der Waals surface area contributed by atoms with Gasteiger partial charge in [-0.15, -0.1) is 5.10 Å². The van der Waals surface area contributed by atoms with Crippen molar-refractivity contribution < 1.29 is 4.74 Å². The van der Waals surface area contributed by atoms with Crippen LogP contribution in [-0.4, -0.2) is 34.2 Å². The van der Waals surface area contributed by atoms with Gasteiger partial charge in [-0.05, 0) is 12.8 Å². The van der Waals surface area contributed by atoms with E-state index in [1.165, 1.54) is 6.42 Å². The van der Waals surface area contributed by atoms with Crippen molar-refractivity contribution >= 4 is 5.82 Å². The van der Waals surface area contributed by atoms with Crippen molar-refractivity contribution in [3.8, 4) is 0 Å². The Kier molecular flexibility index (Phi) is 2.44. The molecular weight excluding hydrogens is 168 g/mol. The molecule has 0 amide bonds. The van der Waals surface area contributed by atoms with Crippen LogP contribution >= 0.6 is 0 Å². The van der Waals surface area contributed by atoms with Gasteiger partial charge in [0.1, 0.15) is 5.82 Å². The van der Waals surface area contributed by atoms with Crippen LogP contribution in [0.1, 0.15) is 12.8 Å². The summed E-state index contributed by atoms with van der Waals surface area (Å²) in [5.74, 6) is 0.940. The topological polar surface area (TPSA) is 52.0 Å². The van der Waals surface area contributed by atoms with Gasteiger partial charge in [0.05, 0.1) is 12.3 Å². The lowest BCUT2D eigenvalue weighted by Gasteiger charge is -2.10. The number of aromatic nitrogens is 3. The van der Waals surface area contributed by atoms with Gasteiger partial charge in [0, 0.05) is 20.2 Å². The highest BCUT2D eigenvalue weighted by atomic mass is 16.5. The Hall–Kier alpha value is -1.10. The van der Waals surface area contributed by atoms with Gasteiger partial charge in [0.2, 0.25) is 0 Å². The number of ether oxygens (including phenoxy) is 1. The number of hydrogen-bond donors (Lipinski definition) is 1. The Morgan fingerprint density at radius 3 is 3.31 bits per heavy atom. The zero-order chi connectivity index (χ0) is 9.10. The number of anilines is 1. The van der Waals surface area contributed by atoms with Crippen molar-refractivity contribution in [2.45, 2.75) is 18.9 Å². The molecule has 0 radical (unpaired) electrons. The zero-order valence-electron chi connectivity index (χ0n) is 7.73. The summed E-state index contributed by atoms with van der Waals surface area (Å²) >= 11 is 0. The summed E-state index contributed by atoms with van der Waals surface area (Å²) in [6, 6.07) is 0. The predicted molar refractivity (Wildman–Crippen MR) is 48.5 cm³/mol. The highest BCUT2D eigenvalue weighted by molar-refractivity contribution is 5.30. The molecule has 0 bridgehead atoms. The maximum absolute atomic E-state index is 5.48. The molecule has 1 saturated heterocycles. The van der Waals surface area contributed by atoms with Gasteiger partial charge in [0.25, 0.3) is 0 Å². The molecule has 72 valence electrons. The van der Waals surface area contributed by atoms with E-state index in [1.54, 1.807) is 10.9 Å². The van der Waals surface area contributed by atoms with E-state index in [1.807, 2.05) is 7.05 Å². The maximum Gasteiger partial charge on any atom is 0.144 e. The summed E-state index contributed by atoms with van der Waals surface area (Å²) in [5, 5.41) is 10.8. The molecule has 2 rings (SSSR count). The quantitative estimate of drug-likeness (QED) is 0.735. The lowest BCUT2D eigenvalue weighted by molar-refractivity contribution is 0.120. The van der Waals surface area contributed by atoms with E-state index >= 15 is 0 Å². The van der Waals surface area contributed by atoms with E-state index in [-0.39, 0.29) is 0 Å². The minimum atomic E-state index is 0.356. The summed E-state index contributed by atoms with van der Waals surface area (Å²) in [4.78, 5) is 0. The summed E-state index contributed by atoms with van der Waals surface area (Å²) in [7, 11) is 1.87. The molecule has 0 spiro atoms. The largest absolute Gasteiger partial charge is 0.376 e. The van der Waals surface area contributed by atoms with Crippen LogP contribution in [0, 0.1) is 0 Å². The van der Waals surface area contributed by atoms with Crippen LogP contribution in [0.25, 0.3) is 0 Å². The average molecular weight is 182 g/mol. The van der Waals surface area contributed by atoms with Crippen molar-refractivity contribution in [1.29, 1.82) is 0 Å². The highest BCUT2D eigenvalue weighted by Gasteiger charge is 2.15. The number of aryl methyl sites for hydroxylation is 1. The lowest BCUT2D eigenvalue weighted by atomic mass is 10.2. The van der Waals surface area contributed by atoms with Crippen molar-refractivity contribution in [3.05, 3.63) is 6.20 Å². The first kappa shape index (κ1) is 8.50. The molecule has 13 heavy (non-hydrogen) atoms. The Morgan fingerprint density at radius 2 is 2.69 bits per heavy atom. The van der Waals surface area contributed by atoms with Crippen LogP contribution in [-0.2, 0) is 11.8 Å². The van der Waals surface area contributed by atoms with Crippen LogP contribution < -0.4 is 5.32 Å². The second-order valence-corrected chi connectivity index (χ2v) is 3.26. The monoisotopic (exact) mass is 182 g/mol. The molecule has 1 unspecified atom stereocenters. The van der Waals surface area contributed by atoms with Crippen LogP contribution in [0.3, 0.4) is 0 Å². The number of hydrogen-bond acceptors (Lipinski definition) is 4. The smallest absolute Gasteiger partial charge is 0.144 e.